The van der Waals surface area contributed by atoms with Crippen molar-refractivity contribution in [2.24, 2.45) is 0 Å². The lowest BCUT2D eigenvalue weighted by atomic mass is 10.1. The van der Waals surface area contributed by atoms with E-state index in [1.54, 1.807) is 13.4 Å². The van der Waals surface area contributed by atoms with E-state index in [0.29, 0.717) is 5.65 Å². The number of methoxy groups -OCH3 is 1. The molecule has 0 radical (unpaired) electrons. The molecule has 5 heteroatoms. The highest BCUT2D eigenvalue weighted by molar-refractivity contribution is 5.88. The maximum Gasteiger partial charge on any atom is 0.181 e. The molecule has 0 atom stereocenters. The molecule has 0 spiro atoms. The molecule has 0 fully saturated rings. The second-order valence-corrected chi connectivity index (χ2v) is 4.03. The van der Waals surface area contributed by atoms with Crippen LogP contribution in [-0.4, -0.2) is 27.0 Å². The first-order chi connectivity index (χ1) is 8.79. The summed E-state index contributed by atoms with van der Waals surface area (Å²) in [5.41, 5.74) is 4.37. The fourth-order valence-electron chi connectivity index (χ4n) is 1.98. The van der Waals surface area contributed by atoms with E-state index in [-0.39, 0.29) is 0 Å². The van der Waals surface area contributed by atoms with E-state index in [2.05, 4.69) is 19.9 Å². The number of aromatic nitrogens is 4. The number of rotatable bonds is 2. The van der Waals surface area contributed by atoms with E-state index in [9.17, 15) is 0 Å². The van der Waals surface area contributed by atoms with E-state index < -0.39 is 0 Å². The molecule has 0 amide bonds. The molecule has 0 saturated heterocycles. The van der Waals surface area contributed by atoms with E-state index >= 15 is 0 Å². The molecule has 2 aromatic heterocycles. The quantitative estimate of drug-likeness (QED) is 0.746. The fraction of sp³-hybridized carbons (Fsp3) is 0.154. The molecule has 2 heterocycles. The van der Waals surface area contributed by atoms with Crippen LogP contribution in [0.5, 0.6) is 5.75 Å². The van der Waals surface area contributed by atoms with Gasteiger partial charge in [-0.1, -0.05) is 11.6 Å². The Hall–Kier alpha value is -2.43. The molecule has 5 nitrogen and oxygen atoms in total. The van der Waals surface area contributed by atoms with Crippen molar-refractivity contribution in [2.75, 3.05) is 7.11 Å². The largest absolute Gasteiger partial charge is 0.496 e. The highest BCUT2D eigenvalue weighted by Crippen LogP contribution is 2.32. The summed E-state index contributed by atoms with van der Waals surface area (Å²) in [5.74, 6) is 0.787. The van der Waals surface area contributed by atoms with Crippen LogP contribution in [0, 0.1) is 6.92 Å². The Labute approximate surface area is 104 Å². The first-order valence-corrected chi connectivity index (χ1v) is 5.58. The summed E-state index contributed by atoms with van der Waals surface area (Å²) >= 11 is 0. The van der Waals surface area contributed by atoms with Gasteiger partial charge in [0.15, 0.2) is 5.65 Å². The normalized spacial score (nSPS) is 10.8. The number of hydrogen-bond donors (Lipinski definition) is 1. The zero-order valence-electron chi connectivity index (χ0n) is 10.1. The average Bonchev–Trinajstić information content (AvgIpc) is 2.86. The predicted molar refractivity (Wildman–Crippen MR) is 68.4 cm³/mol. The van der Waals surface area contributed by atoms with E-state index in [1.165, 1.54) is 6.33 Å². The number of imidazole rings is 1. The van der Waals surface area contributed by atoms with E-state index in [0.717, 1.165) is 28.1 Å². The topological polar surface area (TPSA) is 63.7 Å². The van der Waals surface area contributed by atoms with E-state index in [4.69, 9.17) is 4.74 Å². The van der Waals surface area contributed by atoms with Crippen molar-refractivity contribution < 1.29 is 4.74 Å². The average molecular weight is 240 g/mol. The van der Waals surface area contributed by atoms with Gasteiger partial charge in [-0.2, -0.15) is 0 Å². The molecule has 0 aliphatic heterocycles. The molecule has 18 heavy (non-hydrogen) atoms. The summed E-state index contributed by atoms with van der Waals surface area (Å²) in [6.45, 7) is 2.04. The van der Waals surface area contributed by atoms with Gasteiger partial charge in [-0.15, -0.1) is 0 Å². The van der Waals surface area contributed by atoms with Crippen molar-refractivity contribution >= 4 is 11.2 Å². The smallest absolute Gasteiger partial charge is 0.181 e. The number of nitrogens with one attached hydrogen (secondary N) is 1. The van der Waals surface area contributed by atoms with Crippen LogP contribution in [0.1, 0.15) is 5.56 Å². The third-order valence-electron chi connectivity index (χ3n) is 2.83. The zero-order valence-corrected chi connectivity index (χ0v) is 10.1. The lowest BCUT2D eigenvalue weighted by Crippen LogP contribution is -1.93. The summed E-state index contributed by atoms with van der Waals surface area (Å²) in [4.78, 5) is 15.6. The Kier molecular flexibility index (Phi) is 2.44. The monoisotopic (exact) mass is 240 g/mol. The minimum Gasteiger partial charge on any atom is -0.496 e. The van der Waals surface area contributed by atoms with Gasteiger partial charge in [0.2, 0.25) is 0 Å². The molecule has 1 aromatic carbocycles. The van der Waals surface area contributed by atoms with Crippen molar-refractivity contribution in [2.45, 2.75) is 6.92 Å². The lowest BCUT2D eigenvalue weighted by molar-refractivity contribution is 0.416. The van der Waals surface area contributed by atoms with Crippen molar-refractivity contribution in [3.63, 3.8) is 0 Å². The van der Waals surface area contributed by atoms with Gasteiger partial charge < -0.3 is 9.72 Å². The molecule has 0 unspecified atom stereocenters. The molecule has 0 saturated carbocycles. The van der Waals surface area contributed by atoms with Gasteiger partial charge in [-0.25, -0.2) is 15.0 Å². The standard InChI is InChI=1S/C13H12N4O/c1-8-3-4-10(18-2)9(5-8)11-12-13(16-6-14-11)17-7-15-12/h3-7H,1-2H3,(H,14,15,16,17). The number of H-pyrrole nitrogens is 1. The first kappa shape index (κ1) is 10.7. The Balaban J connectivity index is 2.31. The van der Waals surface area contributed by atoms with Crippen LogP contribution in [0.25, 0.3) is 22.4 Å². The van der Waals surface area contributed by atoms with Gasteiger partial charge in [0.1, 0.15) is 23.3 Å². The van der Waals surface area contributed by atoms with Crippen LogP contribution in [0.2, 0.25) is 0 Å². The van der Waals surface area contributed by atoms with Crippen LogP contribution < -0.4 is 4.74 Å². The summed E-state index contributed by atoms with van der Waals surface area (Å²) in [6, 6.07) is 5.99. The molecule has 0 bridgehead atoms. The van der Waals surface area contributed by atoms with E-state index in [1.807, 2.05) is 25.1 Å². The molecular weight excluding hydrogens is 228 g/mol. The summed E-state index contributed by atoms with van der Waals surface area (Å²) < 4.78 is 5.39. The molecule has 90 valence electrons. The molecule has 0 aliphatic carbocycles. The second-order valence-electron chi connectivity index (χ2n) is 4.03. The summed E-state index contributed by atoms with van der Waals surface area (Å²) in [7, 11) is 1.65. The zero-order chi connectivity index (χ0) is 12.5. The number of ether oxygens (including phenoxy) is 1. The summed E-state index contributed by atoms with van der Waals surface area (Å²) in [5, 5.41) is 0. The maximum atomic E-state index is 5.39. The predicted octanol–water partition coefficient (Wildman–Crippen LogP) is 2.34. The van der Waals surface area contributed by atoms with Gasteiger partial charge >= 0.3 is 0 Å². The summed E-state index contributed by atoms with van der Waals surface area (Å²) in [6.07, 6.45) is 3.13. The number of fused-ring (bicyclic) bond motifs is 1. The minimum absolute atomic E-state index is 0.656. The van der Waals surface area contributed by atoms with Crippen molar-refractivity contribution in [3.8, 4) is 17.0 Å². The second kappa shape index (κ2) is 4.10. The third-order valence-corrected chi connectivity index (χ3v) is 2.83. The number of hydrogen-bond acceptors (Lipinski definition) is 4. The van der Waals surface area contributed by atoms with Crippen molar-refractivity contribution in [1.82, 2.24) is 19.9 Å². The van der Waals surface area contributed by atoms with Gasteiger partial charge in [0, 0.05) is 5.56 Å². The maximum absolute atomic E-state index is 5.39. The molecular formula is C13H12N4O. The van der Waals surface area contributed by atoms with Crippen LogP contribution in [0.15, 0.2) is 30.9 Å². The van der Waals surface area contributed by atoms with Crippen LogP contribution >= 0.6 is 0 Å². The lowest BCUT2D eigenvalue weighted by Gasteiger charge is -2.09. The van der Waals surface area contributed by atoms with Crippen molar-refractivity contribution in [1.29, 1.82) is 0 Å². The van der Waals surface area contributed by atoms with Crippen LogP contribution in [-0.2, 0) is 0 Å². The SMILES string of the molecule is COc1ccc(C)cc1-c1ncnc2nc[nH]c12. The van der Waals surface area contributed by atoms with Crippen LogP contribution in [0.4, 0.5) is 0 Å². The number of aryl methyl sites for hydroxylation is 1. The highest BCUT2D eigenvalue weighted by atomic mass is 16.5. The molecule has 3 rings (SSSR count). The molecule has 3 aromatic rings. The van der Waals surface area contributed by atoms with Gasteiger partial charge in [-0.3, -0.25) is 0 Å². The Bertz CT molecular complexity index is 705. The number of benzene rings is 1. The number of aromatic amines is 1. The first-order valence-electron chi connectivity index (χ1n) is 5.58. The van der Waals surface area contributed by atoms with Gasteiger partial charge in [-0.05, 0) is 19.1 Å². The van der Waals surface area contributed by atoms with Gasteiger partial charge in [0.25, 0.3) is 0 Å². The fourth-order valence-corrected chi connectivity index (χ4v) is 1.98. The van der Waals surface area contributed by atoms with Gasteiger partial charge in [0.05, 0.1) is 13.4 Å². The molecule has 0 aliphatic rings. The number of nitrogens with zero attached hydrogens (tertiary/aromatic N) is 3. The molecule has 1 N–H and O–H groups in total. The Morgan fingerprint density at radius 2 is 2.06 bits per heavy atom. The third kappa shape index (κ3) is 1.60. The minimum atomic E-state index is 0.656. The Morgan fingerprint density at radius 3 is 2.89 bits per heavy atom. The Morgan fingerprint density at radius 1 is 1.17 bits per heavy atom. The van der Waals surface area contributed by atoms with Crippen molar-refractivity contribution in [3.05, 3.63) is 36.4 Å². The highest BCUT2D eigenvalue weighted by Gasteiger charge is 2.12. The van der Waals surface area contributed by atoms with Crippen LogP contribution in [0.3, 0.4) is 0 Å².